The van der Waals surface area contributed by atoms with Gasteiger partial charge in [-0.05, 0) is 49.4 Å². The van der Waals surface area contributed by atoms with E-state index in [2.05, 4.69) is 17.2 Å². The Kier molecular flexibility index (Phi) is 4.10. The van der Waals surface area contributed by atoms with E-state index < -0.39 is 0 Å². The maximum Gasteiger partial charge on any atom is 0.224 e. The van der Waals surface area contributed by atoms with E-state index in [1.807, 2.05) is 36.1 Å². The van der Waals surface area contributed by atoms with Crippen molar-refractivity contribution in [2.45, 2.75) is 45.7 Å². The molecule has 1 amide bonds. The summed E-state index contributed by atoms with van der Waals surface area (Å²) in [5.41, 5.74) is 2.82. The molecule has 4 rings (SSSR count). The number of hydrogen-bond acceptors (Lipinski definition) is 4. The second-order valence-electron chi connectivity index (χ2n) is 7.61. The molecule has 1 unspecified atom stereocenters. The number of carbonyl (C=O) groups excluding carboxylic acids is 1. The minimum absolute atomic E-state index is 0.0349. The second kappa shape index (κ2) is 6.31. The van der Waals surface area contributed by atoms with E-state index >= 15 is 0 Å². The van der Waals surface area contributed by atoms with E-state index in [-0.39, 0.29) is 29.7 Å². The summed E-state index contributed by atoms with van der Waals surface area (Å²) in [7, 11) is 0. The summed E-state index contributed by atoms with van der Waals surface area (Å²) in [5.74, 6) is 1.83. The zero-order valence-electron chi connectivity index (χ0n) is 15.4. The highest BCUT2D eigenvalue weighted by atomic mass is 16.3. The molecule has 1 aromatic heterocycles. The number of aryl methyl sites for hydroxylation is 1. The molecule has 1 aliphatic heterocycles. The Hall–Kier alpha value is -2.56. The Labute approximate surface area is 154 Å². The third-order valence-corrected chi connectivity index (χ3v) is 5.61. The lowest BCUT2D eigenvalue weighted by Crippen LogP contribution is -2.51. The number of anilines is 2. The summed E-state index contributed by atoms with van der Waals surface area (Å²) in [5, 5.41) is 13.6. The average Bonchev–Trinajstić information content (AvgIpc) is 3.41. The maximum atomic E-state index is 12.5. The monoisotopic (exact) mass is 351 g/mol. The highest BCUT2D eigenvalue weighted by molar-refractivity contribution is 5.94. The van der Waals surface area contributed by atoms with E-state index in [1.54, 1.807) is 19.1 Å². The number of carbonyl (C=O) groups is 1. The van der Waals surface area contributed by atoms with Crippen LogP contribution in [0.2, 0.25) is 0 Å². The molecule has 0 spiro atoms. The Balaban J connectivity index is 1.80. The zero-order valence-corrected chi connectivity index (χ0v) is 15.4. The van der Waals surface area contributed by atoms with Crippen LogP contribution in [0.15, 0.2) is 36.4 Å². The average molecular weight is 351 g/mol. The predicted molar refractivity (Wildman–Crippen MR) is 102 cm³/mol. The Morgan fingerprint density at radius 1 is 1.27 bits per heavy atom. The number of aromatic nitrogens is 1. The molecule has 1 saturated carbocycles. The summed E-state index contributed by atoms with van der Waals surface area (Å²) in [6.45, 7) is 5.81. The number of rotatable bonds is 3. The normalized spacial score (nSPS) is 24.9. The number of phenolic OH excluding ortho intramolecular Hbond substituents is 1. The first-order valence-electron chi connectivity index (χ1n) is 9.28. The van der Waals surface area contributed by atoms with Crippen molar-refractivity contribution in [2.24, 2.45) is 11.8 Å². The van der Waals surface area contributed by atoms with Gasteiger partial charge in [0, 0.05) is 30.6 Å². The van der Waals surface area contributed by atoms with Crippen LogP contribution < -0.4 is 10.2 Å². The minimum atomic E-state index is 0.0349. The first-order chi connectivity index (χ1) is 12.5. The van der Waals surface area contributed by atoms with Gasteiger partial charge in [-0.2, -0.15) is 0 Å². The quantitative estimate of drug-likeness (QED) is 0.876. The Morgan fingerprint density at radius 2 is 2.04 bits per heavy atom. The summed E-state index contributed by atoms with van der Waals surface area (Å²) in [6.07, 6.45) is 2.31. The van der Waals surface area contributed by atoms with Crippen LogP contribution >= 0.6 is 0 Å². The van der Waals surface area contributed by atoms with E-state index in [9.17, 15) is 9.90 Å². The van der Waals surface area contributed by atoms with Gasteiger partial charge in [0.05, 0.1) is 11.7 Å². The smallest absolute Gasteiger partial charge is 0.224 e. The fourth-order valence-electron chi connectivity index (χ4n) is 4.33. The number of amides is 1. The molecule has 1 aliphatic carbocycles. The highest BCUT2D eigenvalue weighted by Crippen LogP contribution is 2.50. The van der Waals surface area contributed by atoms with Crippen molar-refractivity contribution < 1.29 is 9.90 Å². The van der Waals surface area contributed by atoms with Crippen molar-refractivity contribution in [3.63, 3.8) is 0 Å². The fraction of sp³-hybridized carbons (Fsp3) is 0.429. The first-order valence-corrected chi connectivity index (χ1v) is 9.28. The van der Waals surface area contributed by atoms with Crippen molar-refractivity contribution in [2.75, 3.05) is 10.2 Å². The first kappa shape index (κ1) is 16.9. The third kappa shape index (κ3) is 2.91. The predicted octanol–water partition coefficient (Wildman–Crippen LogP) is 4.03. The van der Waals surface area contributed by atoms with Crippen LogP contribution in [0, 0.1) is 18.8 Å². The molecular formula is C21H25N3O2. The van der Waals surface area contributed by atoms with E-state index in [0.29, 0.717) is 5.92 Å². The highest BCUT2D eigenvalue weighted by Gasteiger charge is 2.47. The molecule has 5 nitrogen and oxygen atoms in total. The lowest BCUT2D eigenvalue weighted by molar-refractivity contribution is -0.117. The molecule has 3 atom stereocenters. The number of hydrogen-bond donors (Lipinski definition) is 2. The Bertz CT molecular complexity index is 847. The summed E-state index contributed by atoms with van der Waals surface area (Å²) in [4.78, 5) is 19.0. The summed E-state index contributed by atoms with van der Waals surface area (Å²) in [6, 6.07) is 11.5. The van der Waals surface area contributed by atoms with Crippen LogP contribution in [0.25, 0.3) is 0 Å². The van der Waals surface area contributed by atoms with Crippen LogP contribution in [0.5, 0.6) is 5.75 Å². The standard InChI is InChI=1S/C21H25N3O2/c1-12-5-4-6-19(22-12)23-20-13(2)21(15-7-8-15)24(14(3)25)18-11-16(26)9-10-17(18)20/h4-6,9-11,13,15,20-21,26H,7-8H2,1-3H3,(H,22,23)/t13-,20?,21-/m1/s1. The van der Waals surface area contributed by atoms with Gasteiger partial charge in [0.1, 0.15) is 11.6 Å². The summed E-state index contributed by atoms with van der Waals surface area (Å²) >= 11 is 0. The van der Waals surface area contributed by atoms with E-state index in [0.717, 1.165) is 35.6 Å². The largest absolute Gasteiger partial charge is 0.508 e. The van der Waals surface area contributed by atoms with Gasteiger partial charge in [0.15, 0.2) is 0 Å². The van der Waals surface area contributed by atoms with Crippen LogP contribution in [0.3, 0.4) is 0 Å². The number of nitrogens with zero attached hydrogens (tertiary/aromatic N) is 2. The van der Waals surface area contributed by atoms with Gasteiger partial charge in [-0.1, -0.05) is 19.1 Å². The lowest BCUT2D eigenvalue weighted by atomic mass is 9.80. The van der Waals surface area contributed by atoms with Crippen molar-refractivity contribution in [1.29, 1.82) is 0 Å². The molecule has 0 saturated heterocycles. The second-order valence-corrected chi connectivity index (χ2v) is 7.61. The number of pyridine rings is 1. The molecular weight excluding hydrogens is 326 g/mol. The van der Waals surface area contributed by atoms with Gasteiger partial charge < -0.3 is 15.3 Å². The van der Waals surface area contributed by atoms with Crippen LogP contribution in [0.1, 0.15) is 44.0 Å². The molecule has 5 heteroatoms. The van der Waals surface area contributed by atoms with Crippen LogP contribution in [0.4, 0.5) is 11.5 Å². The minimum Gasteiger partial charge on any atom is -0.508 e. The van der Waals surface area contributed by atoms with Gasteiger partial charge in [-0.15, -0.1) is 0 Å². The lowest BCUT2D eigenvalue weighted by Gasteiger charge is -2.45. The molecule has 2 heterocycles. The van der Waals surface area contributed by atoms with Gasteiger partial charge >= 0.3 is 0 Å². The van der Waals surface area contributed by atoms with Gasteiger partial charge in [0.2, 0.25) is 5.91 Å². The molecule has 1 aromatic carbocycles. The van der Waals surface area contributed by atoms with Crippen molar-refractivity contribution in [3.05, 3.63) is 47.7 Å². The summed E-state index contributed by atoms with van der Waals surface area (Å²) < 4.78 is 0. The molecule has 2 aromatic rings. The fourth-order valence-corrected chi connectivity index (χ4v) is 4.33. The number of nitrogens with one attached hydrogen (secondary N) is 1. The number of aromatic hydroxyl groups is 1. The number of fused-ring (bicyclic) bond motifs is 1. The van der Waals surface area contributed by atoms with Gasteiger partial charge in [0.25, 0.3) is 0 Å². The van der Waals surface area contributed by atoms with Gasteiger partial charge in [-0.3, -0.25) is 4.79 Å². The topological polar surface area (TPSA) is 65.5 Å². The molecule has 2 N–H and O–H groups in total. The number of benzene rings is 1. The van der Waals surface area contributed by atoms with E-state index in [4.69, 9.17) is 0 Å². The SMILES string of the molecule is CC(=O)N1c2cc(O)ccc2C(Nc2cccc(C)n2)[C@@H](C)[C@@H]1C1CC1. The van der Waals surface area contributed by atoms with E-state index in [1.165, 1.54) is 0 Å². The molecule has 136 valence electrons. The zero-order chi connectivity index (χ0) is 18.4. The molecule has 2 aliphatic rings. The van der Waals surface area contributed by atoms with Crippen molar-refractivity contribution >= 4 is 17.4 Å². The van der Waals surface area contributed by atoms with Crippen molar-refractivity contribution in [3.8, 4) is 5.75 Å². The third-order valence-electron chi connectivity index (χ3n) is 5.61. The maximum absolute atomic E-state index is 12.5. The van der Waals surface area contributed by atoms with Crippen LogP contribution in [-0.2, 0) is 4.79 Å². The van der Waals surface area contributed by atoms with Gasteiger partial charge in [-0.25, -0.2) is 4.98 Å². The molecule has 0 radical (unpaired) electrons. The molecule has 0 bridgehead atoms. The Morgan fingerprint density at radius 3 is 2.69 bits per heavy atom. The molecule has 26 heavy (non-hydrogen) atoms. The molecule has 1 fully saturated rings. The van der Waals surface area contributed by atoms with Crippen LogP contribution in [-0.4, -0.2) is 22.0 Å². The van der Waals surface area contributed by atoms with Crippen molar-refractivity contribution in [1.82, 2.24) is 4.98 Å². The number of phenols is 1.